The fraction of sp³-hybridized carbons (Fsp3) is 0.278. The van der Waals surface area contributed by atoms with Crippen LogP contribution in [-0.2, 0) is 6.54 Å². The van der Waals surface area contributed by atoms with Crippen LogP contribution in [0.3, 0.4) is 0 Å². The van der Waals surface area contributed by atoms with E-state index in [1.165, 1.54) is 14.2 Å². The second-order valence-electron chi connectivity index (χ2n) is 5.58. The van der Waals surface area contributed by atoms with Crippen LogP contribution >= 0.6 is 23.2 Å². The molecule has 6 nitrogen and oxygen atoms in total. The number of hydrogen-bond donors (Lipinski definition) is 3. The highest BCUT2D eigenvalue weighted by Crippen LogP contribution is 2.37. The lowest BCUT2D eigenvalue weighted by atomic mass is 10.1. The monoisotopic (exact) mass is 397 g/mol. The Morgan fingerprint density at radius 2 is 1.81 bits per heavy atom. The molecule has 0 aliphatic heterocycles. The molecule has 2 aromatic rings. The maximum Gasteiger partial charge on any atom is 0.200 e. The molecule has 26 heavy (non-hydrogen) atoms. The van der Waals surface area contributed by atoms with Gasteiger partial charge in [0, 0.05) is 10.0 Å². The highest BCUT2D eigenvalue weighted by atomic mass is 35.5. The summed E-state index contributed by atoms with van der Waals surface area (Å²) >= 11 is 12.1. The molecule has 0 fully saturated rings. The summed E-state index contributed by atoms with van der Waals surface area (Å²) in [6, 6.07) is 8.49. The van der Waals surface area contributed by atoms with Crippen LogP contribution in [0.25, 0.3) is 0 Å². The Morgan fingerprint density at radius 3 is 2.35 bits per heavy atom. The van der Waals surface area contributed by atoms with Gasteiger partial charge in [-0.3, -0.25) is 0 Å². The third-order valence-electron chi connectivity index (χ3n) is 3.76. The topological polar surface area (TPSA) is 89.1 Å². The maximum atomic E-state index is 9.94. The summed E-state index contributed by atoms with van der Waals surface area (Å²) in [6.45, 7) is 2.21. The lowest BCUT2D eigenvalue weighted by Gasteiger charge is -2.16. The van der Waals surface area contributed by atoms with Gasteiger partial charge in [-0.2, -0.15) is 0 Å². The van der Waals surface area contributed by atoms with Gasteiger partial charge in [0.05, 0.1) is 26.8 Å². The van der Waals surface area contributed by atoms with Crippen molar-refractivity contribution >= 4 is 29.2 Å². The average molecular weight is 398 g/mol. The average Bonchev–Trinajstić information content (AvgIpc) is 2.60. The maximum absolute atomic E-state index is 9.94. The molecule has 4 N–H and O–H groups in total. The Kier molecular flexibility index (Phi) is 6.83. The Morgan fingerprint density at radius 1 is 1.19 bits per heavy atom. The number of guanidine groups is 1. The molecule has 0 amide bonds. The lowest BCUT2D eigenvalue weighted by molar-refractivity contribution is 0.339. The molecular weight excluding hydrogens is 377 g/mol. The number of methoxy groups -OCH3 is 2. The number of benzene rings is 2. The van der Waals surface area contributed by atoms with Crippen molar-refractivity contribution in [3.8, 4) is 17.2 Å². The van der Waals surface area contributed by atoms with Gasteiger partial charge in [-0.15, -0.1) is 0 Å². The van der Waals surface area contributed by atoms with Gasteiger partial charge >= 0.3 is 0 Å². The van der Waals surface area contributed by atoms with E-state index in [4.69, 9.17) is 38.4 Å². The summed E-state index contributed by atoms with van der Waals surface area (Å²) in [7, 11) is 2.93. The van der Waals surface area contributed by atoms with E-state index in [1.54, 1.807) is 24.3 Å². The van der Waals surface area contributed by atoms with Crippen LogP contribution in [0.5, 0.6) is 17.2 Å². The van der Waals surface area contributed by atoms with Crippen LogP contribution in [-0.4, -0.2) is 25.3 Å². The lowest BCUT2D eigenvalue weighted by Crippen LogP contribution is -2.34. The molecule has 0 bridgehead atoms. The first-order chi connectivity index (χ1) is 12.3. The minimum absolute atomic E-state index is 0.0557. The Hall–Kier alpha value is -2.31. The molecule has 1 unspecified atom stereocenters. The van der Waals surface area contributed by atoms with Gasteiger partial charge in [-0.1, -0.05) is 29.3 Å². The van der Waals surface area contributed by atoms with E-state index in [2.05, 4.69) is 10.3 Å². The quantitative estimate of drug-likeness (QED) is 0.508. The molecule has 0 aliphatic rings. The first-order valence-electron chi connectivity index (χ1n) is 7.81. The molecule has 8 heteroatoms. The standard InChI is InChI=1S/C18H21Cl2N3O3/c1-10(13-5-4-12(19)8-14(13)20)23-18(21)22-9-11-6-15(25-2)17(24)16(7-11)26-3/h4-8,10,24H,9H2,1-3H3,(H3,21,22,23). The van der Waals surface area contributed by atoms with Gasteiger partial charge in [0.15, 0.2) is 17.5 Å². The molecular formula is C18H21Cl2N3O3. The molecule has 0 aliphatic carbocycles. The number of hydrogen-bond acceptors (Lipinski definition) is 4. The number of nitrogens with one attached hydrogen (secondary N) is 1. The Balaban J connectivity index is 2.10. The summed E-state index contributed by atoms with van der Waals surface area (Å²) in [5, 5.41) is 14.1. The minimum atomic E-state index is -0.146. The van der Waals surface area contributed by atoms with Crippen molar-refractivity contribution in [2.24, 2.45) is 10.7 Å². The highest BCUT2D eigenvalue weighted by molar-refractivity contribution is 6.35. The second kappa shape index (κ2) is 8.87. The van der Waals surface area contributed by atoms with Gasteiger partial charge < -0.3 is 25.6 Å². The molecule has 2 aromatic carbocycles. The van der Waals surface area contributed by atoms with E-state index in [-0.39, 0.29) is 24.3 Å². The summed E-state index contributed by atoms with van der Waals surface area (Å²) in [5.41, 5.74) is 7.61. The van der Waals surface area contributed by atoms with Crippen LogP contribution < -0.4 is 20.5 Å². The molecule has 140 valence electrons. The highest BCUT2D eigenvalue weighted by Gasteiger charge is 2.12. The summed E-state index contributed by atoms with van der Waals surface area (Å²) in [5.74, 6) is 0.819. The number of rotatable bonds is 6. The van der Waals surface area contributed by atoms with Crippen molar-refractivity contribution < 1.29 is 14.6 Å². The normalized spacial score (nSPS) is 12.6. The van der Waals surface area contributed by atoms with Crippen LogP contribution in [0, 0.1) is 0 Å². The summed E-state index contributed by atoms with van der Waals surface area (Å²) in [4.78, 5) is 4.31. The number of nitrogens with two attached hydrogens (primary N) is 1. The van der Waals surface area contributed by atoms with Crippen LogP contribution in [0.2, 0.25) is 10.0 Å². The Labute approximate surface area is 162 Å². The molecule has 0 saturated heterocycles. The number of halogens is 2. The minimum Gasteiger partial charge on any atom is -0.502 e. The summed E-state index contributed by atoms with van der Waals surface area (Å²) < 4.78 is 10.3. The first kappa shape index (κ1) is 20.0. The van der Waals surface area contributed by atoms with Gasteiger partial charge in [-0.25, -0.2) is 4.99 Å². The number of aliphatic imine (C=N–C) groups is 1. The van der Waals surface area contributed by atoms with Crippen molar-refractivity contribution in [3.63, 3.8) is 0 Å². The van der Waals surface area contributed by atoms with Gasteiger partial charge in [-0.05, 0) is 42.3 Å². The van der Waals surface area contributed by atoms with Crippen molar-refractivity contribution in [1.29, 1.82) is 0 Å². The van der Waals surface area contributed by atoms with Crippen molar-refractivity contribution in [3.05, 3.63) is 51.5 Å². The van der Waals surface area contributed by atoms with E-state index in [0.29, 0.717) is 21.5 Å². The number of phenolic OH excluding ortho intramolecular Hbond substituents is 1. The smallest absolute Gasteiger partial charge is 0.200 e. The van der Waals surface area contributed by atoms with Crippen LogP contribution in [0.15, 0.2) is 35.3 Å². The molecule has 1 atom stereocenters. The fourth-order valence-corrected chi connectivity index (χ4v) is 2.99. The molecule has 0 saturated carbocycles. The van der Waals surface area contributed by atoms with Gasteiger partial charge in [0.1, 0.15) is 0 Å². The van der Waals surface area contributed by atoms with Gasteiger partial charge in [0.25, 0.3) is 0 Å². The molecule has 0 aromatic heterocycles. The number of aromatic hydroxyl groups is 1. The predicted molar refractivity (Wildman–Crippen MR) is 105 cm³/mol. The van der Waals surface area contributed by atoms with Crippen LogP contribution in [0.4, 0.5) is 0 Å². The predicted octanol–water partition coefficient (Wildman–Crippen LogP) is 3.88. The third kappa shape index (κ3) is 4.86. The summed E-state index contributed by atoms with van der Waals surface area (Å²) in [6.07, 6.45) is 0. The second-order valence-corrected chi connectivity index (χ2v) is 6.43. The SMILES string of the molecule is COc1cc(CN=C(N)NC(C)c2ccc(Cl)cc2Cl)cc(OC)c1O. The third-order valence-corrected chi connectivity index (χ3v) is 4.33. The van der Waals surface area contributed by atoms with E-state index >= 15 is 0 Å². The van der Waals surface area contributed by atoms with E-state index < -0.39 is 0 Å². The zero-order valence-corrected chi connectivity index (χ0v) is 16.2. The first-order valence-corrected chi connectivity index (χ1v) is 8.56. The Bertz CT molecular complexity index is 787. The molecule has 0 spiro atoms. The fourth-order valence-electron chi connectivity index (χ4n) is 2.41. The van der Waals surface area contributed by atoms with Crippen molar-refractivity contribution in [1.82, 2.24) is 5.32 Å². The zero-order valence-electron chi connectivity index (χ0n) is 14.7. The number of nitrogens with zero attached hydrogens (tertiary/aromatic N) is 1. The molecule has 2 rings (SSSR count). The number of phenols is 1. The van der Waals surface area contributed by atoms with E-state index in [9.17, 15) is 5.11 Å². The van der Waals surface area contributed by atoms with E-state index in [0.717, 1.165) is 11.1 Å². The number of ether oxygens (including phenoxy) is 2. The zero-order chi connectivity index (χ0) is 19.3. The van der Waals surface area contributed by atoms with Gasteiger partial charge in [0.2, 0.25) is 5.75 Å². The molecule has 0 heterocycles. The largest absolute Gasteiger partial charge is 0.502 e. The van der Waals surface area contributed by atoms with E-state index in [1.807, 2.05) is 13.0 Å². The van der Waals surface area contributed by atoms with Crippen LogP contribution in [0.1, 0.15) is 24.1 Å². The van der Waals surface area contributed by atoms with Crippen molar-refractivity contribution in [2.75, 3.05) is 14.2 Å². The van der Waals surface area contributed by atoms with Crippen molar-refractivity contribution in [2.45, 2.75) is 19.5 Å². The molecule has 0 radical (unpaired) electrons.